The lowest BCUT2D eigenvalue weighted by atomic mass is 10.1. The van der Waals surface area contributed by atoms with Gasteiger partial charge in [0, 0.05) is 18.8 Å². The molecule has 0 spiro atoms. The Bertz CT molecular complexity index is 309. The highest BCUT2D eigenvalue weighted by molar-refractivity contribution is 7.98. The molecule has 0 bridgehead atoms. The van der Waals surface area contributed by atoms with Gasteiger partial charge in [-0.3, -0.25) is 4.79 Å². The minimum absolute atomic E-state index is 0.201. The summed E-state index contributed by atoms with van der Waals surface area (Å²) in [6.07, 6.45) is 2.30. The van der Waals surface area contributed by atoms with E-state index in [0.717, 1.165) is 5.75 Å². The maximum absolute atomic E-state index is 11.8. The molecule has 1 fully saturated rings. The van der Waals surface area contributed by atoms with E-state index in [1.807, 2.05) is 20.1 Å². The second-order valence-corrected chi connectivity index (χ2v) is 6.05. The minimum atomic E-state index is -0.326. The molecule has 19 heavy (non-hydrogen) atoms. The van der Waals surface area contributed by atoms with E-state index in [0.29, 0.717) is 38.6 Å². The summed E-state index contributed by atoms with van der Waals surface area (Å²) >= 11 is 1.63. The lowest BCUT2D eigenvalue weighted by Gasteiger charge is -2.16. The van der Waals surface area contributed by atoms with Gasteiger partial charge in [0.25, 0.3) is 0 Å². The van der Waals surface area contributed by atoms with Crippen molar-refractivity contribution in [3.63, 3.8) is 0 Å². The van der Waals surface area contributed by atoms with E-state index >= 15 is 0 Å². The van der Waals surface area contributed by atoms with E-state index < -0.39 is 0 Å². The molecule has 110 valence electrons. The third-order valence-electron chi connectivity index (χ3n) is 2.85. The van der Waals surface area contributed by atoms with Gasteiger partial charge in [0.15, 0.2) is 0 Å². The number of hydrogen-bond acceptors (Lipinski definition) is 5. The number of hydrogen-bond donors (Lipinski definition) is 0. The van der Waals surface area contributed by atoms with Gasteiger partial charge in [-0.25, -0.2) is 4.79 Å². The fourth-order valence-corrected chi connectivity index (χ4v) is 2.04. The zero-order valence-electron chi connectivity index (χ0n) is 11.9. The zero-order valence-corrected chi connectivity index (χ0v) is 12.7. The molecular weight excluding hydrogens is 266 g/mol. The van der Waals surface area contributed by atoms with Gasteiger partial charge in [0.2, 0.25) is 0 Å². The first kappa shape index (κ1) is 16.1. The van der Waals surface area contributed by atoms with Gasteiger partial charge in [-0.1, -0.05) is 13.8 Å². The molecule has 1 saturated heterocycles. The molecule has 0 radical (unpaired) electrons. The Labute approximate surface area is 119 Å². The predicted octanol–water partition coefficient (Wildman–Crippen LogP) is 2.01. The molecule has 0 aromatic rings. The van der Waals surface area contributed by atoms with Crippen molar-refractivity contribution >= 4 is 23.8 Å². The molecule has 0 saturated carbocycles. The van der Waals surface area contributed by atoms with Crippen LogP contribution in [0.5, 0.6) is 0 Å². The van der Waals surface area contributed by atoms with Crippen LogP contribution in [0.4, 0.5) is 4.79 Å². The topological polar surface area (TPSA) is 55.8 Å². The average Bonchev–Trinajstić information content (AvgIpc) is 2.85. The van der Waals surface area contributed by atoms with Crippen molar-refractivity contribution in [2.75, 3.05) is 38.3 Å². The highest BCUT2D eigenvalue weighted by Crippen LogP contribution is 2.18. The largest absolute Gasteiger partial charge is 0.465 e. The Morgan fingerprint density at radius 2 is 2.11 bits per heavy atom. The molecular formula is C13H23NO4S. The maximum atomic E-state index is 11.8. The van der Waals surface area contributed by atoms with E-state index in [1.54, 1.807) is 16.7 Å². The molecule has 6 heteroatoms. The Morgan fingerprint density at radius 3 is 2.74 bits per heavy atom. The monoisotopic (exact) mass is 289 g/mol. The van der Waals surface area contributed by atoms with Gasteiger partial charge in [-0.2, -0.15) is 11.8 Å². The van der Waals surface area contributed by atoms with Crippen LogP contribution in [0.15, 0.2) is 0 Å². The van der Waals surface area contributed by atoms with Crippen molar-refractivity contribution in [1.29, 1.82) is 0 Å². The highest BCUT2D eigenvalue weighted by Gasteiger charge is 2.32. The third-order valence-corrected chi connectivity index (χ3v) is 3.43. The number of ether oxygens (including phenoxy) is 2. The number of nitrogens with zero attached hydrogens (tertiary/aromatic N) is 1. The van der Waals surface area contributed by atoms with Gasteiger partial charge in [-0.05, 0) is 18.6 Å². The summed E-state index contributed by atoms with van der Waals surface area (Å²) in [6.45, 7) is 5.83. The number of carbonyl (C=O) groups is 2. The number of amides is 1. The van der Waals surface area contributed by atoms with Crippen LogP contribution in [0.1, 0.15) is 20.3 Å². The quantitative estimate of drug-likeness (QED) is 0.553. The Morgan fingerprint density at radius 1 is 1.37 bits per heavy atom. The van der Waals surface area contributed by atoms with Gasteiger partial charge < -0.3 is 14.4 Å². The van der Waals surface area contributed by atoms with Gasteiger partial charge in [0.05, 0.1) is 12.5 Å². The van der Waals surface area contributed by atoms with Gasteiger partial charge in [0.1, 0.15) is 6.61 Å². The Balaban J connectivity index is 2.28. The second-order valence-electron chi connectivity index (χ2n) is 5.06. The molecule has 1 aliphatic heterocycles. The number of likely N-dealkylation sites (tertiary alicyclic amines) is 1. The summed E-state index contributed by atoms with van der Waals surface area (Å²) in [4.78, 5) is 25.1. The van der Waals surface area contributed by atoms with E-state index in [9.17, 15) is 9.59 Å². The normalized spacial score (nSPS) is 18.7. The molecule has 1 amide bonds. The second kappa shape index (κ2) is 8.30. The summed E-state index contributed by atoms with van der Waals surface area (Å²) in [5.74, 6) is 0.720. The van der Waals surface area contributed by atoms with Gasteiger partial charge >= 0.3 is 12.1 Å². The van der Waals surface area contributed by atoms with Crippen molar-refractivity contribution in [3.8, 4) is 0 Å². The molecule has 1 rings (SSSR count). The first-order valence-electron chi connectivity index (χ1n) is 6.61. The SMILES string of the molecule is CSCCOC(=O)N1CCC(C(=O)OCC(C)C)C1. The summed E-state index contributed by atoms with van der Waals surface area (Å²) < 4.78 is 10.3. The van der Waals surface area contributed by atoms with Crippen molar-refractivity contribution < 1.29 is 19.1 Å². The van der Waals surface area contributed by atoms with Crippen LogP contribution >= 0.6 is 11.8 Å². The molecule has 0 aliphatic carbocycles. The standard InChI is InChI=1S/C13H23NO4S/c1-10(2)9-18-12(15)11-4-5-14(8-11)13(16)17-6-7-19-3/h10-11H,4-9H2,1-3H3. The number of rotatable bonds is 6. The Kier molecular flexibility index (Phi) is 7.05. The summed E-state index contributed by atoms with van der Waals surface area (Å²) in [5, 5.41) is 0. The molecule has 0 N–H and O–H groups in total. The Hall–Kier alpha value is -0.910. The molecule has 5 nitrogen and oxygen atoms in total. The molecule has 1 heterocycles. The molecule has 1 atom stereocenters. The number of carbonyl (C=O) groups excluding carboxylic acids is 2. The molecule has 0 aromatic heterocycles. The smallest absolute Gasteiger partial charge is 0.409 e. The minimum Gasteiger partial charge on any atom is -0.465 e. The summed E-state index contributed by atoms with van der Waals surface area (Å²) in [6, 6.07) is 0. The first-order valence-corrected chi connectivity index (χ1v) is 8.01. The van der Waals surface area contributed by atoms with Crippen LogP contribution in [-0.4, -0.2) is 55.3 Å². The molecule has 1 aliphatic rings. The lowest BCUT2D eigenvalue weighted by molar-refractivity contribution is -0.149. The fraction of sp³-hybridized carbons (Fsp3) is 0.846. The van der Waals surface area contributed by atoms with Crippen molar-refractivity contribution in [3.05, 3.63) is 0 Å². The van der Waals surface area contributed by atoms with E-state index in [2.05, 4.69) is 0 Å². The lowest BCUT2D eigenvalue weighted by Crippen LogP contribution is -2.31. The van der Waals surface area contributed by atoms with Crippen molar-refractivity contribution in [1.82, 2.24) is 4.90 Å². The number of thioether (sulfide) groups is 1. The van der Waals surface area contributed by atoms with Crippen LogP contribution < -0.4 is 0 Å². The third kappa shape index (κ3) is 5.72. The zero-order chi connectivity index (χ0) is 14.3. The summed E-state index contributed by atoms with van der Waals surface area (Å²) in [7, 11) is 0. The number of esters is 1. The molecule has 0 aromatic carbocycles. The summed E-state index contributed by atoms with van der Waals surface area (Å²) in [5.41, 5.74) is 0. The van der Waals surface area contributed by atoms with Crippen molar-refractivity contribution in [2.24, 2.45) is 11.8 Å². The first-order chi connectivity index (χ1) is 9.04. The average molecular weight is 289 g/mol. The predicted molar refractivity (Wildman–Crippen MR) is 75.2 cm³/mol. The maximum Gasteiger partial charge on any atom is 0.409 e. The van der Waals surface area contributed by atoms with Crippen molar-refractivity contribution in [2.45, 2.75) is 20.3 Å². The van der Waals surface area contributed by atoms with Crippen LogP contribution in [0.2, 0.25) is 0 Å². The van der Waals surface area contributed by atoms with Crippen LogP contribution in [0.3, 0.4) is 0 Å². The van der Waals surface area contributed by atoms with E-state index in [-0.39, 0.29) is 18.0 Å². The van der Waals surface area contributed by atoms with E-state index in [4.69, 9.17) is 9.47 Å². The molecule has 1 unspecified atom stereocenters. The highest BCUT2D eigenvalue weighted by atomic mass is 32.2. The fourth-order valence-electron chi connectivity index (χ4n) is 1.79. The van der Waals surface area contributed by atoms with Crippen LogP contribution in [0, 0.1) is 11.8 Å². The van der Waals surface area contributed by atoms with E-state index in [1.165, 1.54) is 0 Å². The van der Waals surface area contributed by atoms with Gasteiger partial charge in [-0.15, -0.1) is 0 Å². The van der Waals surface area contributed by atoms with Crippen LogP contribution in [-0.2, 0) is 14.3 Å². The van der Waals surface area contributed by atoms with Crippen LogP contribution in [0.25, 0.3) is 0 Å².